The largest absolute Gasteiger partial charge is 0.495 e. The molecule has 2 aliphatic rings. The maximum atomic E-state index is 12.9. The van der Waals surface area contributed by atoms with E-state index in [1.54, 1.807) is 65.6 Å². The second kappa shape index (κ2) is 9.99. The van der Waals surface area contributed by atoms with Crippen molar-refractivity contribution in [2.45, 2.75) is 6.42 Å². The van der Waals surface area contributed by atoms with Crippen LogP contribution in [0, 0.1) is 5.92 Å². The van der Waals surface area contributed by atoms with E-state index >= 15 is 0 Å². The van der Waals surface area contributed by atoms with Crippen LogP contribution in [-0.2, 0) is 9.59 Å². The molecule has 0 bridgehead atoms. The zero-order valence-corrected chi connectivity index (χ0v) is 19.7. The molecular weight excluding hydrogens is 462 g/mol. The first-order chi connectivity index (χ1) is 17.5. The quantitative estimate of drug-likeness (QED) is 0.549. The first kappa shape index (κ1) is 23.2. The molecule has 0 aliphatic carbocycles. The third-order valence-corrected chi connectivity index (χ3v) is 6.10. The van der Waals surface area contributed by atoms with Crippen LogP contribution in [0.15, 0.2) is 66.7 Å². The molecule has 0 saturated carbocycles. The molecule has 36 heavy (non-hydrogen) atoms. The van der Waals surface area contributed by atoms with Crippen LogP contribution in [0.1, 0.15) is 16.8 Å². The smallest absolute Gasteiger partial charge is 0.255 e. The van der Waals surface area contributed by atoms with E-state index in [-0.39, 0.29) is 30.7 Å². The molecule has 3 aromatic carbocycles. The van der Waals surface area contributed by atoms with Crippen LogP contribution in [0.2, 0.25) is 0 Å². The Morgan fingerprint density at radius 3 is 2.47 bits per heavy atom. The Bertz CT molecular complexity index is 1310. The number of para-hydroxylation sites is 2. The number of hydrogen-bond donors (Lipinski definition) is 2. The van der Waals surface area contributed by atoms with E-state index in [1.807, 2.05) is 6.07 Å². The third-order valence-electron chi connectivity index (χ3n) is 6.10. The number of rotatable bonds is 6. The van der Waals surface area contributed by atoms with E-state index in [1.165, 1.54) is 7.11 Å². The molecule has 1 fully saturated rings. The molecule has 5 rings (SSSR count). The van der Waals surface area contributed by atoms with Gasteiger partial charge in [-0.15, -0.1) is 0 Å². The van der Waals surface area contributed by atoms with Crippen molar-refractivity contribution in [3.05, 3.63) is 72.3 Å². The van der Waals surface area contributed by atoms with Crippen LogP contribution < -0.4 is 29.7 Å². The van der Waals surface area contributed by atoms with E-state index in [0.717, 1.165) is 0 Å². The van der Waals surface area contributed by atoms with Gasteiger partial charge >= 0.3 is 0 Å². The first-order valence-corrected chi connectivity index (χ1v) is 11.6. The fraction of sp³-hybridized carbons (Fsp3) is 0.222. The van der Waals surface area contributed by atoms with Crippen molar-refractivity contribution in [2.24, 2.45) is 5.92 Å². The number of anilines is 3. The van der Waals surface area contributed by atoms with Gasteiger partial charge in [-0.05, 0) is 48.5 Å². The van der Waals surface area contributed by atoms with Crippen molar-refractivity contribution in [3.8, 4) is 17.2 Å². The van der Waals surface area contributed by atoms with Gasteiger partial charge in [-0.25, -0.2) is 0 Å². The number of methoxy groups -OCH3 is 1. The minimum absolute atomic E-state index is 0.111. The molecule has 0 aromatic heterocycles. The molecule has 0 spiro atoms. The summed E-state index contributed by atoms with van der Waals surface area (Å²) in [6.45, 7) is 1.21. The normalized spacial score (nSPS) is 16.4. The van der Waals surface area contributed by atoms with Crippen LogP contribution in [0.4, 0.5) is 17.1 Å². The number of carbonyl (C=O) groups is 3. The number of ether oxygens (including phenoxy) is 3. The van der Waals surface area contributed by atoms with E-state index in [9.17, 15) is 14.4 Å². The number of nitrogens with one attached hydrogen (secondary N) is 2. The summed E-state index contributed by atoms with van der Waals surface area (Å²) in [4.78, 5) is 39.7. The summed E-state index contributed by atoms with van der Waals surface area (Å²) in [5, 5.41) is 5.66. The summed E-state index contributed by atoms with van der Waals surface area (Å²) in [6, 6.07) is 19.0. The van der Waals surface area contributed by atoms with Gasteiger partial charge in [-0.1, -0.05) is 12.1 Å². The molecular formula is C27H25N3O6. The second-order valence-electron chi connectivity index (χ2n) is 8.45. The van der Waals surface area contributed by atoms with Crippen molar-refractivity contribution in [3.63, 3.8) is 0 Å². The van der Waals surface area contributed by atoms with Crippen LogP contribution in [0.25, 0.3) is 0 Å². The molecule has 2 heterocycles. The monoisotopic (exact) mass is 487 g/mol. The number of benzene rings is 3. The lowest BCUT2D eigenvalue weighted by atomic mass is 10.1. The van der Waals surface area contributed by atoms with Gasteiger partial charge < -0.3 is 29.7 Å². The molecule has 9 heteroatoms. The topological polar surface area (TPSA) is 106 Å². The lowest BCUT2D eigenvalue weighted by Gasteiger charge is -2.22. The highest BCUT2D eigenvalue weighted by molar-refractivity contribution is 6.06. The first-order valence-electron chi connectivity index (χ1n) is 11.6. The zero-order chi connectivity index (χ0) is 25.1. The van der Waals surface area contributed by atoms with E-state index < -0.39 is 5.92 Å². The Morgan fingerprint density at radius 1 is 0.944 bits per heavy atom. The van der Waals surface area contributed by atoms with Crippen molar-refractivity contribution < 1.29 is 28.6 Å². The SMILES string of the molecule is COc1ccccc1NC(=O)c1ccc(NC(=O)C2CC(=O)N(c3ccc4c(c3)OCCO4)C2)cc1. The number of fused-ring (bicyclic) bond motifs is 1. The Labute approximate surface area is 208 Å². The van der Waals surface area contributed by atoms with Crippen LogP contribution in [0.3, 0.4) is 0 Å². The molecule has 9 nitrogen and oxygen atoms in total. The van der Waals surface area contributed by atoms with E-state index in [0.29, 0.717) is 53.1 Å². The molecule has 1 unspecified atom stereocenters. The van der Waals surface area contributed by atoms with Gasteiger partial charge in [0.1, 0.15) is 19.0 Å². The maximum Gasteiger partial charge on any atom is 0.255 e. The summed E-state index contributed by atoms with van der Waals surface area (Å²) < 4.78 is 16.4. The Balaban J connectivity index is 1.20. The zero-order valence-electron chi connectivity index (χ0n) is 19.7. The van der Waals surface area contributed by atoms with E-state index in [2.05, 4.69) is 10.6 Å². The predicted molar refractivity (Wildman–Crippen MR) is 134 cm³/mol. The lowest BCUT2D eigenvalue weighted by molar-refractivity contribution is -0.122. The van der Waals surface area contributed by atoms with Crippen molar-refractivity contribution in [1.29, 1.82) is 0 Å². The fourth-order valence-electron chi connectivity index (χ4n) is 4.22. The third kappa shape index (κ3) is 4.81. The predicted octanol–water partition coefficient (Wildman–Crippen LogP) is 3.71. The maximum absolute atomic E-state index is 12.9. The number of carbonyl (C=O) groups excluding carboxylic acids is 3. The van der Waals surface area contributed by atoms with Gasteiger partial charge in [-0.2, -0.15) is 0 Å². The highest BCUT2D eigenvalue weighted by atomic mass is 16.6. The average Bonchev–Trinajstić information content (AvgIpc) is 3.30. The Kier molecular flexibility index (Phi) is 6.44. The van der Waals surface area contributed by atoms with E-state index in [4.69, 9.17) is 14.2 Å². The summed E-state index contributed by atoms with van der Waals surface area (Å²) in [5.41, 5.74) is 2.21. The minimum atomic E-state index is -0.501. The van der Waals surface area contributed by atoms with Gasteiger partial charge in [0.05, 0.1) is 18.7 Å². The Morgan fingerprint density at radius 2 is 1.69 bits per heavy atom. The average molecular weight is 488 g/mol. The van der Waals surface area contributed by atoms with Crippen molar-refractivity contribution >= 4 is 34.8 Å². The molecule has 3 amide bonds. The van der Waals surface area contributed by atoms with Gasteiger partial charge in [0.2, 0.25) is 11.8 Å². The van der Waals surface area contributed by atoms with Crippen LogP contribution in [-0.4, -0.2) is 44.6 Å². The second-order valence-corrected chi connectivity index (χ2v) is 8.45. The van der Waals surface area contributed by atoms with Crippen molar-refractivity contribution in [1.82, 2.24) is 0 Å². The lowest BCUT2D eigenvalue weighted by Crippen LogP contribution is -2.28. The minimum Gasteiger partial charge on any atom is -0.495 e. The molecule has 2 N–H and O–H groups in total. The van der Waals surface area contributed by atoms with Gasteiger partial charge in [0, 0.05) is 36.0 Å². The summed E-state index contributed by atoms with van der Waals surface area (Å²) in [5.74, 6) is 0.615. The molecule has 2 aliphatic heterocycles. The summed E-state index contributed by atoms with van der Waals surface area (Å²) in [6.07, 6.45) is 0.111. The standard InChI is InChI=1S/C27H25N3O6/c1-34-22-5-3-2-4-21(22)29-26(32)17-6-8-19(9-7-17)28-27(33)18-14-25(31)30(16-18)20-10-11-23-24(15-20)36-13-12-35-23/h2-11,15,18H,12-14,16H2,1H3,(H,28,33)(H,29,32). The molecule has 0 radical (unpaired) electrons. The van der Waals surface area contributed by atoms with Crippen LogP contribution >= 0.6 is 0 Å². The molecule has 184 valence electrons. The molecule has 3 aromatic rings. The van der Waals surface area contributed by atoms with Gasteiger partial charge in [0.25, 0.3) is 5.91 Å². The summed E-state index contributed by atoms with van der Waals surface area (Å²) >= 11 is 0. The molecule has 1 saturated heterocycles. The van der Waals surface area contributed by atoms with Gasteiger partial charge in [0.15, 0.2) is 11.5 Å². The highest BCUT2D eigenvalue weighted by Crippen LogP contribution is 2.36. The molecule has 1 atom stereocenters. The number of nitrogens with zero attached hydrogens (tertiary/aromatic N) is 1. The van der Waals surface area contributed by atoms with Crippen molar-refractivity contribution in [2.75, 3.05) is 42.4 Å². The number of amides is 3. The highest BCUT2D eigenvalue weighted by Gasteiger charge is 2.35. The fourth-order valence-corrected chi connectivity index (χ4v) is 4.22. The Hall–Kier alpha value is -4.53. The number of hydrogen-bond acceptors (Lipinski definition) is 6. The van der Waals surface area contributed by atoms with Crippen LogP contribution in [0.5, 0.6) is 17.2 Å². The van der Waals surface area contributed by atoms with Gasteiger partial charge in [-0.3, -0.25) is 14.4 Å². The summed E-state index contributed by atoms with van der Waals surface area (Å²) in [7, 11) is 1.54.